The molecule has 9 nitrogen and oxygen atoms in total. The average Bonchev–Trinajstić information content (AvgIpc) is 3.36. The Kier molecular flexibility index (Phi) is 9.29. The second-order valence-corrected chi connectivity index (χ2v) is 9.29. The van der Waals surface area contributed by atoms with Gasteiger partial charge in [-0.15, -0.1) is 0 Å². The third-order valence-corrected chi connectivity index (χ3v) is 7.02. The van der Waals surface area contributed by atoms with Gasteiger partial charge in [0.1, 0.15) is 6.10 Å². The molecular formula is C30H34O9. The zero-order chi connectivity index (χ0) is 27.9. The summed E-state index contributed by atoms with van der Waals surface area (Å²) in [4.78, 5) is 13.5. The van der Waals surface area contributed by atoms with Crippen molar-refractivity contribution in [3.05, 3.63) is 83.4 Å². The van der Waals surface area contributed by atoms with E-state index in [4.69, 9.17) is 28.4 Å². The molecule has 0 radical (unpaired) electrons. The van der Waals surface area contributed by atoms with E-state index in [9.17, 15) is 15.0 Å². The van der Waals surface area contributed by atoms with Gasteiger partial charge in [-0.05, 0) is 47.4 Å². The molecule has 0 spiro atoms. The lowest BCUT2D eigenvalue weighted by atomic mass is 9.82. The van der Waals surface area contributed by atoms with Crippen LogP contribution in [0.15, 0.2) is 66.7 Å². The molecule has 3 aromatic carbocycles. The van der Waals surface area contributed by atoms with Crippen molar-refractivity contribution in [3.63, 3.8) is 0 Å². The van der Waals surface area contributed by atoms with Crippen LogP contribution in [0.4, 0.5) is 0 Å². The molecule has 0 bridgehead atoms. The van der Waals surface area contributed by atoms with Crippen molar-refractivity contribution in [1.82, 2.24) is 0 Å². The first kappa shape index (κ1) is 28.2. The number of hydrogen-bond donors (Lipinski definition) is 2. The molecule has 4 rings (SSSR count). The molecule has 1 aliphatic rings. The summed E-state index contributed by atoms with van der Waals surface area (Å²) in [5, 5.41) is 20.3. The van der Waals surface area contributed by atoms with Crippen molar-refractivity contribution >= 4 is 5.97 Å². The predicted molar refractivity (Wildman–Crippen MR) is 142 cm³/mol. The number of phenolic OH excluding ortho intramolecular Hbond substituents is 2. The maximum atomic E-state index is 13.5. The van der Waals surface area contributed by atoms with E-state index in [0.29, 0.717) is 23.3 Å². The fourth-order valence-corrected chi connectivity index (χ4v) is 5.04. The van der Waals surface area contributed by atoms with Gasteiger partial charge in [-0.25, -0.2) is 4.79 Å². The Hall–Kier alpha value is -3.79. The number of phenols is 2. The standard InChI is InChI=1S/C30H34O9/c1-34-25-15-18(10-12-23(25)31)14-21-22(17-38-30(21)37-4)27(20-11-13-24(32)26(16-20)35-2)39-29(33)28(36-3)19-8-6-5-7-9-19/h5-13,15-16,21-22,27-28,30-32H,14,17H2,1-4H3/t21-,22+,27-,28-,30+/m1/s1. The van der Waals surface area contributed by atoms with Gasteiger partial charge in [0.15, 0.2) is 35.4 Å². The molecular weight excluding hydrogens is 504 g/mol. The Labute approximate surface area is 227 Å². The summed E-state index contributed by atoms with van der Waals surface area (Å²) in [6.07, 6.45) is -1.79. The van der Waals surface area contributed by atoms with Gasteiger partial charge in [0.2, 0.25) is 0 Å². The van der Waals surface area contributed by atoms with Gasteiger partial charge in [-0.3, -0.25) is 0 Å². The summed E-state index contributed by atoms with van der Waals surface area (Å²) in [5.74, 6) is -0.516. The molecule has 9 heteroatoms. The SMILES string of the molecule is COc1cc(C[C@H]2[C@@H](OC)OC[C@@H]2[C@H](OC(=O)[C@H](OC)c2ccccc2)c2ccc(O)c(OC)c2)ccc1O. The monoisotopic (exact) mass is 538 g/mol. The first-order chi connectivity index (χ1) is 18.9. The molecule has 0 aromatic heterocycles. The van der Waals surface area contributed by atoms with Crippen LogP contribution in [0.25, 0.3) is 0 Å². The molecule has 0 unspecified atom stereocenters. The van der Waals surface area contributed by atoms with Gasteiger partial charge in [0, 0.05) is 26.1 Å². The zero-order valence-corrected chi connectivity index (χ0v) is 22.4. The van der Waals surface area contributed by atoms with E-state index < -0.39 is 24.5 Å². The fraction of sp³-hybridized carbons (Fsp3) is 0.367. The van der Waals surface area contributed by atoms with Crippen LogP contribution in [-0.2, 0) is 30.2 Å². The third kappa shape index (κ3) is 6.27. The van der Waals surface area contributed by atoms with Crippen molar-refractivity contribution in [2.75, 3.05) is 35.0 Å². The Bertz CT molecular complexity index is 1250. The number of esters is 1. The lowest BCUT2D eigenvalue weighted by Gasteiger charge is -2.30. The van der Waals surface area contributed by atoms with Crippen LogP contribution in [0.2, 0.25) is 0 Å². The molecule has 0 aliphatic carbocycles. The van der Waals surface area contributed by atoms with Gasteiger partial charge >= 0.3 is 5.97 Å². The molecule has 39 heavy (non-hydrogen) atoms. The highest BCUT2D eigenvalue weighted by atomic mass is 16.7. The van der Waals surface area contributed by atoms with E-state index in [1.807, 2.05) is 18.2 Å². The van der Waals surface area contributed by atoms with Crippen LogP contribution in [0.1, 0.15) is 28.9 Å². The lowest BCUT2D eigenvalue weighted by molar-refractivity contribution is -0.166. The van der Waals surface area contributed by atoms with E-state index >= 15 is 0 Å². The van der Waals surface area contributed by atoms with Crippen LogP contribution in [-0.4, -0.2) is 57.5 Å². The Morgan fingerprint density at radius 2 is 1.56 bits per heavy atom. The van der Waals surface area contributed by atoms with Gasteiger partial charge < -0.3 is 38.6 Å². The quantitative estimate of drug-likeness (QED) is 0.339. The molecule has 3 aromatic rings. The summed E-state index contributed by atoms with van der Waals surface area (Å²) in [7, 11) is 5.97. The summed E-state index contributed by atoms with van der Waals surface area (Å²) in [5.41, 5.74) is 2.18. The number of carbonyl (C=O) groups excluding carboxylic acids is 1. The minimum absolute atomic E-state index is 0.0319. The molecule has 1 aliphatic heterocycles. The second kappa shape index (κ2) is 12.8. The smallest absolute Gasteiger partial charge is 0.340 e. The van der Waals surface area contributed by atoms with Crippen LogP contribution in [0, 0.1) is 11.8 Å². The van der Waals surface area contributed by atoms with Crippen LogP contribution >= 0.6 is 0 Å². The Balaban J connectivity index is 1.71. The van der Waals surface area contributed by atoms with E-state index in [-0.39, 0.29) is 35.7 Å². The molecule has 1 saturated heterocycles. The molecule has 0 saturated carbocycles. The van der Waals surface area contributed by atoms with E-state index in [1.165, 1.54) is 27.4 Å². The third-order valence-electron chi connectivity index (χ3n) is 7.02. The number of hydrogen-bond acceptors (Lipinski definition) is 9. The van der Waals surface area contributed by atoms with Crippen molar-refractivity contribution in [3.8, 4) is 23.0 Å². The topological polar surface area (TPSA) is 113 Å². The average molecular weight is 539 g/mol. The molecule has 0 amide bonds. The van der Waals surface area contributed by atoms with Crippen LogP contribution in [0.3, 0.4) is 0 Å². The molecule has 2 N–H and O–H groups in total. The number of carbonyl (C=O) groups is 1. The second-order valence-electron chi connectivity index (χ2n) is 9.29. The molecule has 5 atom stereocenters. The summed E-state index contributed by atoms with van der Waals surface area (Å²) in [6, 6.07) is 19.1. The zero-order valence-electron chi connectivity index (χ0n) is 22.4. The first-order valence-corrected chi connectivity index (χ1v) is 12.6. The van der Waals surface area contributed by atoms with Gasteiger partial charge in [0.05, 0.1) is 20.8 Å². The maximum absolute atomic E-state index is 13.5. The minimum Gasteiger partial charge on any atom is -0.504 e. The van der Waals surface area contributed by atoms with E-state index in [0.717, 1.165) is 5.56 Å². The van der Waals surface area contributed by atoms with Gasteiger partial charge in [-0.1, -0.05) is 42.5 Å². The molecule has 1 heterocycles. The van der Waals surface area contributed by atoms with Crippen molar-refractivity contribution in [2.24, 2.45) is 11.8 Å². The normalized spacial score (nSPS) is 20.3. The minimum atomic E-state index is -0.937. The first-order valence-electron chi connectivity index (χ1n) is 12.6. The lowest BCUT2D eigenvalue weighted by Crippen LogP contribution is -2.31. The summed E-state index contributed by atoms with van der Waals surface area (Å²) in [6.45, 7) is 0.252. The molecule has 1 fully saturated rings. The highest BCUT2D eigenvalue weighted by Crippen LogP contribution is 2.44. The number of methoxy groups -OCH3 is 4. The van der Waals surface area contributed by atoms with E-state index in [2.05, 4.69) is 0 Å². The Morgan fingerprint density at radius 1 is 0.897 bits per heavy atom. The highest BCUT2D eigenvalue weighted by molar-refractivity contribution is 5.77. The van der Waals surface area contributed by atoms with Crippen LogP contribution < -0.4 is 9.47 Å². The largest absolute Gasteiger partial charge is 0.504 e. The van der Waals surface area contributed by atoms with Crippen molar-refractivity contribution in [1.29, 1.82) is 0 Å². The van der Waals surface area contributed by atoms with Gasteiger partial charge in [0.25, 0.3) is 0 Å². The predicted octanol–water partition coefficient (Wildman–Crippen LogP) is 4.56. The number of benzene rings is 3. The van der Waals surface area contributed by atoms with Gasteiger partial charge in [-0.2, -0.15) is 0 Å². The molecule has 208 valence electrons. The van der Waals surface area contributed by atoms with Crippen LogP contribution in [0.5, 0.6) is 23.0 Å². The summed E-state index contributed by atoms with van der Waals surface area (Å²) < 4.78 is 34.0. The van der Waals surface area contributed by atoms with Crippen molar-refractivity contribution < 1.29 is 43.4 Å². The highest BCUT2D eigenvalue weighted by Gasteiger charge is 2.45. The Morgan fingerprint density at radius 3 is 2.21 bits per heavy atom. The van der Waals surface area contributed by atoms with E-state index in [1.54, 1.807) is 49.6 Å². The maximum Gasteiger partial charge on any atom is 0.340 e. The fourth-order valence-electron chi connectivity index (χ4n) is 5.04. The number of aromatic hydroxyl groups is 2. The number of rotatable bonds is 11. The summed E-state index contributed by atoms with van der Waals surface area (Å²) >= 11 is 0. The van der Waals surface area contributed by atoms with Crippen molar-refractivity contribution in [2.45, 2.75) is 24.9 Å². The number of ether oxygens (including phenoxy) is 6.